The van der Waals surface area contributed by atoms with Crippen LogP contribution in [0.4, 0.5) is 0 Å². The van der Waals surface area contributed by atoms with Gasteiger partial charge < -0.3 is 14.5 Å². The lowest BCUT2D eigenvalue weighted by Gasteiger charge is -2.05. The van der Waals surface area contributed by atoms with Gasteiger partial charge in [0.25, 0.3) is 0 Å². The van der Waals surface area contributed by atoms with Crippen LogP contribution in [0.25, 0.3) is 67.0 Å². The molecule has 0 spiro atoms. The lowest BCUT2D eigenvalue weighted by molar-refractivity contribution is 0.363. The van der Waals surface area contributed by atoms with Gasteiger partial charge in [-0.25, -0.2) is 9.97 Å². The van der Waals surface area contributed by atoms with E-state index in [1.54, 1.807) is 25.6 Å². The van der Waals surface area contributed by atoms with Crippen LogP contribution < -0.4 is 9.47 Å². The first-order valence-electron chi connectivity index (χ1n) is 13.0. The number of ether oxygens (including phenoxy) is 2. The Morgan fingerprint density at radius 2 is 1.02 bits per heavy atom. The van der Waals surface area contributed by atoms with E-state index in [1.807, 2.05) is 36.4 Å². The van der Waals surface area contributed by atoms with E-state index in [9.17, 15) is 0 Å². The van der Waals surface area contributed by atoms with Crippen molar-refractivity contribution < 1.29 is 9.47 Å². The number of methoxy groups -OCH3 is 2. The molecule has 5 heterocycles. The van der Waals surface area contributed by atoms with Crippen LogP contribution in [0.1, 0.15) is 22.8 Å². The van der Waals surface area contributed by atoms with Crippen LogP contribution in [0.5, 0.6) is 11.5 Å². The number of thiophene rings is 1. The normalized spacial score (nSPS) is 12.1. The van der Waals surface area contributed by atoms with Gasteiger partial charge in [0.2, 0.25) is 0 Å². The van der Waals surface area contributed by atoms with E-state index in [-0.39, 0.29) is 0 Å². The van der Waals surface area contributed by atoms with Gasteiger partial charge in [-0.1, -0.05) is 60.7 Å². The maximum absolute atomic E-state index is 5.80. The van der Waals surface area contributed by atoms with E-state index in [4.69, 9.17) is 19.4 Å². The minimum Gasteiger partial charge on any atom is -0.491 e. The van der Waals surface area contributed by atoms with E-state index < -0.39 is 0 Å². The molecule has 1 N–H and O–H groups in total. The molecule has 0 fully saturated rings. The summed E-state index contributed by atoms with van der Waals surface area (Å²) in [5.41, 5.74) is 9.70. The van der Waals surface area contributed by atoms with Crippen LogP contribution in [0.15, 0.2) is 84.9 Å². The molecular weight excluding hydrogens is 514 g/mol. The molecule has 0 atom stereocenters. The smallest absolute Gasteiger partial charge is 0.179 e. The molecule has 3 aromatic heterocycles. The summed E-state index contributed by atoms with van der Waals surface area (Å²) in [6, 6.07) is 29.1. The first kappa shape index (κ1) is 24.1. The highest BCUT2D eigenvalue weighted by Gasteiger charge is 2.17. The highest BCUT2D eigenvalue weighted by molar-refractivity contribution is 7.24. The molecule has 0 saturated heterocycles. The fourth-order valence-electron chi connectivity index (χ4n) is 5.25. The average Bonchev–Trinajstić information content (AvgIpc) is 3.79. The maximum atomic E-state index is 5.80. The Morgan fingerprint density at radius 3 is 1.45 bits per heavy atom. The van der Waals surface area contributed by atoms with Crippen molar-refractivity contribution in [3.05, 3.63) is 108 Å². The lowest BCUT2D eigenvalue weighted by atomic mass is 10.0. The summed E-state index contributed by atoms with van der Waals surface area (Å²) in [4.78, 5) is 13.8. The number of H-pyrrole nitrogens is 1. The molecule has 0 amide bonds. The molecule has 40 heavy (non-hydrogen) atoms. The molecule has 0 aliphatic carbocycles. The summed E-state index contributed by atoms with van der Waals surface area (Å²) in [6.07, 6.45) is 8.23. The van der Waals surface area contributed by atoms with Crippen molar-refractivity contribution in [2.45, 2.75) is 0 Å². The van der Waals surface area contributed by atoms with Gasteiger partial charge in [-0.2, -0.15) is 0 Å². The largest absolute Gasteiger partial charge is 0.491 e. The summed E-state index contributed by atoms with van der Waals surface area (Å²) in [6.45, 7) is 0. The zero-order valence-electron chi connectivity index (χ0n) is 22.0. The second-order valence-electron chi connectivity index (χ2n) is 9.46. The van der Waals surface area contributed by atoms with Crippen LogP contribution in [0, 0.1) is 0 Å². The van der Waals surface area contributed by atoms with E-state index in [0.717, 1.165) is 65.5 Å². The first-order valence-corrected chi connectivity index (χ1v) is 13.8. The van der Waals surface area contributed by atoms with Crippen LogP contribution in [0.3, 0.4) is 0 Å². The van der Waals surface area contributed by atoms with Gasteiger partial charge in [-0.15, -0.1) is 11.3 Å². The van der Waals surface area contributed by atoms with Crippen molar-refractivity contribution in [1.29, 1.82) is 0 Å². The van der Waals surface area contributed by atoms with Crippen LogP contribution in [0.2, 0.25) is 0 Å². The van der Waals surface area contributed by atoms with Crippen molar-refractivity contribution in [2.75, 3.05) is 14.2 Å². The number of nitrogens with zero attached hydrogens (tertiary/aromatic N) is 2. The van der Waals surface area contributed by atoms with Gasteiger partial charge in [0.15, 0.2) is 11.5 Å². The fraction of sp³-hybridized carbons (Fsp3) is 0.0588. The molecule has 8 bridgehead atoms. The highest BCUT2D eigenvalue weighted by atomic mass is 32.1. The first-order chi connectivity index (χ1) is 19.7. The molecule has 2 aliphatic heterocycles. The van der Waals surface area contributed by atoms with E-state index >= 15 is 0 Å². The zero-order valence-corrected chi connectivity index (χ0v) is 22.8. The Balaban J connectivity index is 1.66. The number of benzene rings is 2. The molecule has 0 unspecified atom stereocenters. The Labute approximate surface area is 235 Å². The van der Waals surface area contributed by atoms with Crippen molar-refractivity contribution in [3.8, 4) is 33.8 Å². The monoisotopic (exact) mass is 539 g/mol. The predicted molar refractivity (Wildman–Crippen MR) is 166 cm³/mol. The molecule has 6 heteroatoms. The summed E-state index contributed by atoms with van der Waals surface area (Å²) in [5.74, 6) is 1.38. The van der Waals surface area contributed by atoms with Crippen molar-refractivity contribution in [2.24, 2.45) is 0 Å². The molecule has 0 saturated carbocycles. The van der Waals surface area contributed by atoms with Crippen molar-refractivity contribution >= 4 is 56.1 Å². The maximum Gasteiger partial charge on any atom is 0.179 e. The minimum atomic E-state index is 0.691. The second kappa shape index (κ2) is 9.98. The van der Waals surface area contributed by atoms with Crippen LogP contribution in [-0.4, -0.2) is 29.2 Å². The van der Waals surface area contributed by atoms with Gasteiger partial charge >= 0.3 is 0 Å². The van der Waals surface area contributed by atoms with Gasteiger partial charge in [0.1, 0.15) is 0 Å². The third kappa shape index (κ3) is 4.19. The predicted octanol–water partition coefficient (Wildman–Crippen LogP) is 8.74. The SMILES string of the molecule is COc1c(OC)c2cc3nc(c(-c4ccccc4)c4ccc([nH]4)c(-c4ccccc4)c4nc(cc1s2)C=C4)C=C3. The lowest BCUT2D eigenvalue weighted by Crippen LogP contribution is -1.87. The zero-order chi connectivity index (χ0) is 27.1. The van der Waals surface area contributed by atoms with E-state index in [1.165, 1.54) is 0 Å². The molecule has 2 aromatic carbocycles. The summed E-state index contributed by atoms with van der Waals surface area (Å²) in [5, 5.41) is 0. The van der Waals surface area contributed by atoms with Crippen LogP contribution in [-0.2, 0) is 0 Å². The summed E-state index contributed by atoms with van der Waals surface area (Å²) in [7, 11) is 3.34. The van der Waals surface area contributed by atoms with E-state index in [0.29, 0.717) is 11.5 Å². The Bertz CT molecular complexity index is 1830. The standard InChI is InChI=1S/C34H25N3O2S/c1-38-33-29-19-23-13-15-25(35-23)31(21-9-5-3-6-10-21)27-17-18-28(37-27)32(22-11-7-4-8-12-22)26-16-14-24(36-26)20-30(40-29)34(33)39-2/h3-20,37H,1-2H3. The van der Waals surface area contributed by atoms with Crippen molar-refractivity contribution in [3.63, 3.8) is 0 Å². The molecular formula is C34H25N3O2S. The number of rotatable bonds is 4. The molecule has 194 valence electrons. The number of fused-ring (bicyclic) bond motifs is 8. The third-order valence-electron chi connectivity index (χ3n) is 7.02. The Morgan fingerprint density at radius 1 is 0.575 bits per heavy atom. The number of hydrogen-bond acceptors (Lipinski definition) is 5. The number of aromatic nitrogens is 3. The molecule has 5 aromatic rings. The van der Waals surface area contributed by atoms with Gasteiger partial charge in [0.05, 0.1) is 46.4 Å². The minimum absolute atomic E-state index is 0.691. The van der Waals surface area contributed by atoms with Crippen molar-refractivity contribution in [1.82, 2.24) is 15.0 Å². The van der Waals surface area contributed by atoms with Crippen LogP contribution >= 0.6 is 11.3 Å². The third-order valence-corrected chi connectivity index (χ3v) is 8.07. The van der Waals surface area contributed by atoms with E-state index in [2.05, 4.69) is 77.8 Å². The number of hydrogen-bond donors (Lipinski definition) is 1. The quantitative estimate of drug-likeness (QED) is 0.243. The molecule has 7 rings (SSSR count). The van der Waals surface area contributed by atoms with Gasteiger partial charge in [0, 0.05) is 22.2 Å². The van der Waals surface area contributed by atoms with Gasteiger partial charge in [-0.05, 0) is 59.7 Å². The topological polar surface area (TPSA) is 60.0 Å². The second-order valence-corrected chi connectivity index (χ2v) is 10.5. The highest BCUT2D eigenvalue weighted by Crippen LogP contribution is 2.44. The molecule has 2 aliphatic rings. The molecule has 5 nitrogen and oxygen atoms in total. The molecule has 0 radical (unpaired) electrons. The number of nitrogens with one attached hydrogen (secondary N) is 1. The Hall–Kier alpha value is -4.94. The average molecular weight is 540 g/mol. The van der Waals surface area contributed by atoms with Gasteiger partial charge in [-0.3, -0.25) is 0 Å². The Kier molecular flexibility index (Phi) is 6.02. The number of aromatic amines is 1. The summed E-state index contributed by atoms with van der Waals surface area (Å²) >= 11 is 1.60. The fourth-order valence-corrected chi connectivity index (χ4v) is 6.39. The summed E-state index contributed by atoms with van der Waals surface area (Å²) < 4.78 is 13.5.